The molecular formula is C22H30N4OS. The molecule has 6 heteroatoms. The number of rotatable bonds is 5. The molecule has 150 valence electrons. The van der Waals surface area contributed by atoms with E-state index in [0.717, 1.165) is 5.69 Å². The van der Waals surface area contributed by atoms with E-state index in [1.807, 2.05) is 18.3 Å². The molecule has 0 radical (unpaired) electrons. The molecule has 2 fully saturated rings. The molecular weight excluding hydrogens is 368 g/mol. The molecule has 0 aromatic carbocycles. The van der Waals surface area contributed by atoms with Crippen molar-refractivity contribution >= 4 is 17.3 Å². The third-order valence-corrected chi connectivity index (χ3v) is 6.67. The van der Waals surface area contributed by atoms with Gasteiger partial charge in [-0.2, -0.15) is 0 Å². The lowest BCUT2D eigenvalue weighted by Crippen LogP contribution is -2.32. The van der Waals surface area contributed by atoms with E-state index in [2.05, 4.69) is 45.7 Å². The maximum absolute atomic E-state index is 9.65. The molecule has 2 aliphatic rings. The Morgan fingerprint density at radius 2 is 2.00 bits per heavy atom. The van der Waals surface area contributed by atoms with Gasteiger partial charge in [-0.15, -0.1) is 0 Å². The minimum absolute atomic E-state index is 0.0134. The van der Waals surface area contributed by atoms with Crippen LogP contribution in [0.1, 0.15) is 72.9 Å². The Labute approximate surface area is 172 Å². The van der Waals surface area contributed by atoms with Crippen molar-refractivity contribution in [1.29, 1.82) is 0 Å². The number of aromatic nitrogens is 2. The second-order valence-corrected chi connectivity index (χ2v) is 8.42. The molecule has 1 aliphatic carbocycles. The van der Waals surface area contributed by atoms with E-state index in [9.17, 15) is 5.11 Å². The van der Waals surface area contributed by atoms with Crippen molar-refractivity contribution < 1.29 is 5.11 Å². The van der Waals surface area contributed by atoms with Crippen molar-refractivity contribution in [3.05, 3.63) is 53.1 Å². The smallest absolute Gasteiger partial charge is 0.170 e. The van der Waals surface area contributed by atoms with Gasteiger partial charge in [0.1, 0.15) is 0 Å². The van der Waals surface area contributed by atoms with Crippen LogP contribution in [-0.2, 0) is 0 Å². The summed E-state index contributed by atoms with van der Waals surface area (Å²) in [5.74, 6) is 0. The summed E-state index contributed by atoms with van der Waals surface area (Å²) in [6.45, 7) is 5.06. The van der Waals surface area contributed by atoms with Crippen molar-refractivity contribution in [3.8, 4) is 0 Å². The lowest BCUT2D eigenvalue weighted by atomic mass is 9.94. The van der Waals surface area contributed by atoms with Gasteiger partial charge in [-0.3, -0.25) is 4.98 Å². The summed E-state index contributed by atoms with van der Waals surface area (Å²) >= 11 is 5.64. The predicted molar refractivity (Wildman–Crippen MR) is 115 cm³/mol. The van der Waals surface area contributed by atoms with Crippen LogP contribution in [0.4, 0.5) is 0 Å². The Balaban J connectivity index is 1.76. The maximum atomic E-state index is 9.65. The molecule has 28 heavy (non-hydrogen) atoms. The first-order valence-electron chi connectivity index (χ1n) is 10.4. The molecule has 2 aromatic heterocycles. The molecule has 0 bridgehead atoms. The first-order valence-corrected chi connectivity index (χ1v) is 10.8. The Bertz CT molecular complexity index is 829. The van der Waals surface area contributed by atoms with Crippen LogP contribution >= 0.6 is 12.2 Å². The molecule has 2 aromatic rings. The van der Waals surface area contributed by atoms with Gasteiger partial charge in [0.2, 0.25) is 0 Å². The lowest BCUT2D eigenvalue weighted by molar-refractivity contribution is 0.222. The standard InChI is InChI=1S/C22H30N4OS/c1-15-14-18(16(2)26(15)17-8-4-3-5-9-17)21-20(19-10-6-7-11-23-19)24-22(28)25(21)12-13-27/h6-7,10-11,14,17,20-21,27H,3-5,8-9,12-13H2,1-2H3,(H,24,28)/t20-,21+/m0/s1. The van der Waals surface area contributed by atoms with Gasteiger partial charge in [0, 0.05) is 30.2 Å². The number of nitrogens with zero attached hydrogens (tertiary/aromatic N) is 3. The molecule has 2 atom stereocenters. The van der Waals surface area contributed by atoms with Crippen LogP contribution in [0, 0.1) is 13.8 Å². The highest BCUT2D eigenvalue weighted by Crippen LogP contribution is 2.42. The average Bonchev–Trinajstić information content (AvgIpc) is 3.19. The monoisotopic (exact) mass is 398 g/mol. The Hall–Kier alpha value is -1.92. The van der Waals surface area contributed by atoms with Gasteiger partial charge in [-0.25, -0.2) is 0 Å². The zero-order chi connectivity index (χ0) is 19.7. The molecule has 5 nitrogen and oxygen atoms in total. The van der Waals surface area contributed by atoms with Crippen LogP contribution in [0.25, 0.3) is 0 Å². The number of pyridine rings is 1. The van der Waals surface area contributed by atoms with Crippen molar-refractivity contribution in [2.45, 2.75) is 64.1 Å². The van der Waals surface area contributed by atoms with Gasteiger partial charge in [-0.1, -0.05) is 25.3 Å². The normalized spacial score (nSPS) is 23.2. The topological polar surface area (TPSA) is 53.3 Å². The van der Waals surface area contributed by atoms with E-state index in [4.69, 9.17) is 12.2 Å². The summed E-state index contributed by atoms with van der Waals surface area (Å²) < 4.78 is 2.54. The zero-order valence-electron chi connectivity index (χ0n) is 16.8. The molecule has 2 N–H and O–H groups in total. The second kappa shape index (κ2) is 8.21. The van der Waals surface area contributed by atoms with Crippen molar-refractivity contribution in [2.75, 3.05) is 13.2 Å². The molecule has 0 unspecified atom stereocenters. The Morgan fingerprint density at radius 3 is 2.68 bits per heavy atom. The van der Waals surface area contributed by atoms with Gasteiger partial charge >= 0.3 is 0 Å². The highest BCUT2D eigenvalue weighted by molar-refractivity contribution is 7.80. The quantitative estimate of drug-likeness (QED) is 0.747. The van der Waals surface area contributed by atoms with Crippen LogP contribution in [0.5, 0.6) is 0 Å². The summed E-state index contributed by atoms with van der Waals surface area (Å²) in [5, 5.41) is 13.8. The molecule has 3 heterocycles. The summed E-state index contributed by atoms with van der Waals surface area (Å²) in [4.78, 5) is 6.72. The van der Waals surface area contributed by atoms with Crippen LogP contribution in [0.15, 0.2) is 30.5 Å². The summed E-state index contributed by atoms with van der Waals surface area (Å²) in [5.41, 5.74) is 4.92. The third kappa shape index (κ3) is 3.44. The fourth-order valence-electron chi connectivity index (χ4n) is 5.10. The molecule has 0 amide bonds. The number of hydrogen-bond acceptors (Lipinski definition) is 3. The molecule has 1 saturated carbocycles. The number of aliphatic hydroxyl groups is 1. The fraction of sp³-hybridized carbons (Fsp3) is 0.545. The van der Waals surface area contributed by atoms with E-state index in [1.165, 1.54) is 49.1 Å². The van der Waals surface area contributed by atoms with E-state index in [-0.39, 0.29) is 18.7 Å². The van der Waals surface area contributed by atoms with Gasteiger partial charge in [0.25, 0.3) is 0 Å². The van der Waals surface area contributed by atoms with Gasteiger partial charge in [-0.05, 0) is 62.7 Å². The minimum atomic E-state index is -0.0134. The molecule has 4 rings (SSSR count). The number of aryl methyl sites for hydroxylation is 1. The van der Waals surface area contributed by atoms with E-state index in [1.54, 1.807) is 0 Å². The zero-order valence-corrected chi connectivity index (χ0v) is 17.6. The summed E-state index contributed by atoms with van der Waals surface area (Å²) in [6.07, 6.45) is 8.35. The first kappa shape index (κ1) is 19.4. The summed E-state index contributed by atoms with van der Waals surface area (Å²) in [7, 11) is 0. The van der Waals surface area contributed by atoms with Gasteiger partial charge in [0.05, 0.1) is 24.4 Å². The van der Waals surface area contributed by atoms with Crippen molar-refractivity contribution in [3.63, 3.8) is 0 Å². The Kier molecular flexibility index (Phi) is 5.69. The van der Waals surface area contributed by atoms with E-state index >= 15 is 0 Å². The average molecular weight is 399 g/mol. The number of aliphatic hydroxyl groups excluding tert-OH is 1. The van der Waals surface area contributed by atoms with Crippen LogP contribution in [-0.4, -0.2) is 37.8 Å². The third-order valence-electron chi connectivity index (χ3n) is 6.32. The number of β-amino-alcohol motifs (C(OH)–C–C–N with tert-alkyl or cyclic N) is 1. The minimum Gasteiger partial charge on any atom is -0.395 e. The predicted octanol–water partition coefficient (Wildman–Crippen LogP) is 3.97. The van der Waals surface area contributed by atoms with Crippen LogP contribution in [0.2, 0.25) is 0 Å². The first-order chi connectivity index (χ1) is 13.6. The van der Waals surface area contributed by atoms with E-state index in [0.29, 0.717) is 17.7 Å². The molecule has 1 saturated heterocycles. The highest BCUT2D eigenvalue weighted by atomic mass is 32.1. The molecule has 0 spiro atoms. The van der Waals surface area contributed by atoms with E-state index < -0.39 is 0 Å². The number of thiocarbonyl (C=S) groups is 1. The van der Waals surface area contributed by atoms with Gasteiger partial charge < -0.3 is 19.9 Å². The lowest BCUT2D eigenvalue weighted by Gasteiger charge is -2.29. The van der Waals surface area contributed by atoms with Crippen molar-refractivity contribution in [2.24, 2.45) is 0 Å². The largest absolute Gasteiger partial charge is 0.395 e. The fourth-order valence-corrected chi connectivity index (χ4v) is 5.43. The summed E-state index contributed by atoms with van der Waals surface area (Å²) in [6, 6.07) is 8.96. The highest BCUT2D eigenvalue weighted by Gasteiger charge is 2.41. The van der Waals surface area contributed by atoms with Crippen molar-refractivity contribution in [1.82, 2.24) is 19.8 Å². The number of nitrogens with one attached hydrogen (secondary N) is 1. The Morgan fingerprint density at radius 1 is 1.21 bits per heavy atom. The maximum Gasteiger partial charge on any atom is 0.170 e. The van der Waals surface area contributed by atoms with Crippen LogP contribution in [0.3, 0.4) is 0 Å². The van der Waals surface area contributed by atoms with Gasteiger partial charge in [0.15, 0.2) is 5.11 Å². The second-order valence-electron chi connectivity index (χ2n) is 8.03. The SMILES string of the molecule is Cc1cc([C@@H]2[C@H](c3ccccn3)NC(=S)N2CCO)c(C)n1C1CCCCC1. The molecule has 1 aliphatic heterocycles. The van der Waals surface area contributed by atoms with Crippen LogP contribution < -0.4 is 5.32 Å². The number of hydrogen-bond donors (Lipinski definition) is 2.